The number of aryl methyl sites for hydroxylation is 1. The summed E-state index contributed by atoms with van der Waals surface area (Å²) in [4.78, 5) is 21.5. The van der Waals surface area contributed by atoms with Crippen LogP contribution < -0.4 is 10.6 Å². The zero-order valence-corrected chi connectivity index (χ0v) is 18.3. The van der Waals surface area contributed by atoms with Crippen molar-refractivity contribution in [3.05, 3.63) is 108 Å². The minimum atomic E-state index is -0.167. The lowest BCUT2D eigenvalue weighted by molar-refractivity contribution is 0.100. The molecule has 5 aromatic rings. The standard InChI is InChI=1S/C27H21N3OS/c1-18-12-14-19(15-13-18)23-17-16-22-24(28)25(32-26(22)29-23)27(31)30(20-8-4-2-5-9-20)21-10-6-3-7-11-21/h2-17H,28H2,1H3. The second kappa shape index (κ2) is 8.29. The molecule has 0 atom stereocenters. The maximum Gasteiger partial charge on any atom is 0.275 e. The van der Waals surface area contributed by atoms with E-state index in [1.165, 1.54) is 16.9 Å². The van der Waals surface area contributed by atoms with Crippen molar-refractivity contribution in [1.82, 2.24) is 4.98 Å². The van der Waals surface area contributed by atoms with Crippen molar-refractivity contribution in [2.24, 2.45) is 0 Å². The first-order chi connectivity index (χ1) is 15.6. The van der Waals surface area contributed by atoms with Gasteiger partial charge in [-0.05, 0) is 43.3 Å². The number of carbonyl (C=O) groups is 1. The maximum atomic E-state index is 13.8. The van der Waals surface area contributed by atoms with Crippen LogP contribution in [0.25, 0.3) is 21.5 Å². The van der Waals surface area contributed by atoms with Crippen LogP contribution in [0.2, 0.25) is 0 Å². The normalized spacial score (nSPS) is 10.9. The van der Waals surface area contributed by atoms with E-state index in [-0.39, 0.29) is 5.91 Å². The highest BCUT2D eigenvalue weighted by Gasteiger charge is 2.25. The number of fused-ring (bicyclic) bond motifs is 1. The lowest BCUT2D eigenvalue weighted by Gasteiger charge is -2.22. The second-order valence-corrected chi connectivity index (χ2v) is 8.57. The number of anilines is 3. The number of rotatable bonds is 4. The molecule has 5 rings (SSSR count). The number of hydrogen-bond acceptors (Lipinski definition) is 4. The smallest absolute Gasteiger partial charge is 0.275 e. The molecule has 2 heterocycles. The molecule has 0 spiro atoms. The van der Waals surface area contributed by atoms with Gasteiger partial charge in [-0.2, -0.15) is 0 Å². The zero-order chi connectivity index (χ0) is 22.1. The third-order valence-corrected chi connectivity index (χ3v) is 6.47. The second-order valence-electron chi connectivity index (χ2n) is 7.57. The van der Waals surface area contributed by atoms with E-state index in [9.17, 15) is 4.79 Å². The zero-order valence-electron chi connectivity index (χ0n) is 17.5. The number of thiophene rings is 1. The molecule has 0 bridgehead atoms. The van der Waals surface area contributed by atoms with E-state index in [1.807, 2.05) is 72.8 Å². The summed E-state index contributed by atoms with van der Waals surface area (Å²) < 4.78 is 0. The number of aromatic nitrogens is 1. The van der Waals surface area contributed by atoms with Gasteiger partial charge in [0.25, 0.3) is 5.91 Å². The number of para-hydroxylation sites is 2. The van der Waals surface area contributed by atoms with Gasteiger partial charge in [-0.3, -0.25) is 9.69 Å². The Hall–Kier alpha value is -3.96. The minimum Gasteiger partial charge on any atom is -0.397 e. The molecule has 0 unspecified atom stereocenters. The summed E-state index contributed by atoms with van der Waals surface area (Å²) in [6, 6.07) is 31.4. The van der Waals surface area contributed by atoms with Crippen LogP contribution in [-0.4, -0.2) is 10.9 Å². The van der Waals surface area contributed by atoms with Crippen molar-refractivity contribution in [2.75, 3.05) is 10.6 Å². The summed E-state index contributed by atoms with van der Waals surface area (Å²) in [5, 5.41) is 0.801. The Morgan fingerprint density at radius 3 is 2.00 bits per heavy atom. The first-order valence-electron chi connectivity index (χ1n) is 10.3. The van der Waals surface area contributed by atoms with Gasteiger partial charge in [-0.25, -0.2) is 4.98 Å². The maximum absolute atomic E-state index is 13.8. The quantitative estimate of drug-likeness (QED) is 0.336. The van der Waals surface area contributed by atoms with Crippen LogP contribution in [0.1, 0.15) is 15.2 Å². The SMILES string of the molecule is Cc1ccc(-c2ccc3c(N)c(C(=O)N(c4ccccc4)c4ccccc4)sc3n2)cc1. The van der Waals surface area contributed by atoms with Gasteiger partial charge < -0.3 is 5.73 Å². The molecular weight excluding hydrogens is 414 g/mol. The van der Waals surface area contributed by atoms with Crippen LogP contribution in [0, 0.1) is 6.92 Å². The van der Waals surface area contributed by atoms with Gasteiger partial charge in [0.15, 0.2) is 0 Å². The van der Waals surface area contributed by atoms with E-state index >= 15 is 0 Å². The highest BCUT2D eigenvalue weighted by molar-refractivity contribution is 7.21. The largest absolute Gasteiger partial charge is 0.397 e. The highest BCUT2D eigenvalue weighted by Crippen LogP contribution is 2.37. The monoisotopic (exact) mass is 435 g/mol. The molecule has 2 N–H and O–H groups in total. The van der Waals surface area contributed by atoms with Gasteiger partial charge in [0.1, 0.15) is 9.71 Å². The van der Waals surface area contributed by atoms with Crippen molar-refractivity contribution in [2.45, 2.75) is 6.92 Å². The molecule has 0 aliphatic rings. The van der Waals surface area contributed by atoms with E-state index in [1.54, 1.807) is 4.90 Å². The van der Waals surface area contributed by atoms with Gasteiger partial charge in [0.2, 0.25) is 0 Å². The summed E-state index contributed by atoms with van der Waals surface area (Å²) in [7, 11) is 0. The Labute approximate surface area is 190 Å². The molecule has 0 saturated carbocycles. The van der Waals surface area contributed by atoms with E-state index in [4.69, 9.17) is 10.7 Å². The Morgan fingerprint density at radius 1 is 0.812 bits per heavy atom. The molecule has 0 fully saturated rings. The van der Waals surface area contributed by atoms with Crippen molar-refractivity contribution in [3.8, 4) is 11.3 Å². The first kappa shape index (κ1) is 20.0. The Balaban J connectivity index is 1.60. The molecule has 3 aromatic carbocycles. The molecule has 156 valence electrons. The molecule has 2 aromatic heterocycles. The Kier molecular flexibility index (Phi) is 5.17. The molecule has 0 aliphatic carbocycles. The fourth-order valence-corrected chi connectivity index (χ4v) is 4.70. The molecule has 0 saturated heterocycles. The molecule has 0 radical (unpaired) electrons. The third kappa shape index (κ3) is 3.63. The first-order valence-corrected chi connectivity index (χ1v) is 11.1. The van der Waals surface area contributed by atoms with Crippen molar-refractivity contribution in [1.29, 1.82) is 0 Å². The van der Waals surface area contributed by atoms with E-state index < -0.39 is 0 Å². The fraction of sp³-hybridized carbons (Fsp3) is 0.0370. The van der Waals surface area contributed by atoms with E-state index in [2.05, 4.69) is 31.2 Å². The third-order valence-electron chi connectivity index (χ3n) is 5.37. The fourth-order valence-electron chi connectivity index (χ4n) is 3.68. The summed E-state index contributed by atoms with van der Waals surface area (Å²) in [6.07, 6.45) is 0. The summed E-state index contributed by atoms with van der Waals surface area (Å²) in [5.74, 6) is -0.167. The number of nitrogen functional groups attached to an aromatic ring is 1. The van der Waals surface area contributed by atoms with Gasteiger partial charge >= 0.3 is 0 Å². The molecular formula is C27H21N3OS. The minimum absolute atomic E-state index is 0.167. The van der Waals surface area contributed by atoms with Crippen LogP contribution >= 0.6 is 11.3 Å². The Bertz CT molecular complexity index is 1350. The molecule has 5 heteroatoms. The van der Waals surface area contributed by atoms with Crippen LogP contribution in [0.15, 0.2) is 97.1 Å². The van der Waals surface area contributed by atoms with E-state index in [0.717, 1.165) is 32.8 Å². The number of carbonyl (C=O) groups excluding carboxylic acids is 1. The van der Waals surface area contributed by atoms with Gasteiger partial charge in [-0.15, -0.1) is 11.3 Å². The molecule has 32 heavy (non-hydrogen) atoms. The van der Waals surface area contributed by atoms with E-state index in [0.29, 0.717) is 10.6 Å². The molecule has 1 amide bonds. The number of amides is 1. The topological polar surface area (TPSA) is 59.2 Å². The lowest BCUT2D eigenvalue weighted by atomic mass is 10.1. The molecule has 0 aliphatic heterocycles. The number of benzene rings is 3. The number of pyridine rings is 1. The predicted octanol–water partition coefficient (Wildman–Crippen LogP) is 6.83. The highest BCUT2D eigenvalue weighted by atomic mass is 32.1. The number of nitrogens with zero attached hydrogens (tertiary/aromatic N) is 2. The van der Waals surface area contributed by atoms with Crippen LogP contribution in [0.3, 0.4) is 0 Å². The Morgan fingerprint density at radius 2 is 1.41 bits per heavy atom. The average Bonchev–Trinajstić information content (AvgIpc) is 3.17. The van der Waals surface area contributed by atoms with Crippen molar-refractivity contribution in [3.63, 3.8) is 0 Å². The van der Waals surface area contributed by atoms with Crippen LogP contribution in [-0.2, 0) is 0 Å². The van der Waals surface area contributed by atoms with Gasteiger partial charge in [-0.1, -0.05) is 66.2 Å². The molecule has 4 nitrogen and oxygen atoms in total. The summed E-state index contributed by atoms with van der Waals surface area (Å²) in [6.45, 7) is 2.06. The summed E-state index contributed by atoms with van der Waals surface area (Å²) >= 11 is 1.33. The van der Waals surface area contributed by atoms with Gasteiger partial charge in [0.05, 0.1) is 11.4 Å². The lowest BCUT2D eigenvalue weighted by Crippen LogP contribution is -2.25. The number of nitrogens with two attached hydrogens (primary N) is 1. The predicted molar refractivity (Wildman–Crippen MR) is 134 cm³/mol. The van der Waals surface area contributed by atoms with Crippen LogP contribution in [0.5, 0.6) is 0 Å². The average molecular weight is 436 g/mol. The van der Waals surface area contributed by atoms with Crippen molar-refractivity contribution >= 4 is 44.5 Å². The summed E-state index contributed by atoms with van der Waals surface area (Å²) in [5.41, 5.74) is 11.6. The van der Waals surface area contributed by atoms with Gasteiger partial charge in [0, 0.05) is 22.3 Å². The number of hydrogen-bond donors (Lipinski definition) is 1. The van der Waals surface area contributed by atoms with Crippen LogP contribution in [0.4, 0.5) is 17.1 Å². The van der Waals surface area contributed by atoms with Crippen molar-refractivity contribution < 1.29 is 4.79 Å².